The van der Waals surface area contributed by atoms with Crippen LogP contribution in [0, 0.1) is 5.41 Å². The Morgan fingerprint density at radius 3 is 2.67 bits per heavy atom. The molecule has 0 unspecified atom stereocenters. The van der Waals surface area contributed by atoms with E-state index >= 15 is 0 Å². The van der Waals surface area contributed by atoms with E-state index in [1.54, 1.807) is 0 Å². The number of ether oxygens (including phenoxy) is 1. The standard InChI is InChI=1S/C13H19N3O2/c1-13(2,3)5-10-15-9-7-14-6-8(9)11(16-10)12(17)18-4/h14H,5-7H2,1-4H3. The summed E-state index contributed by atoms with van der Waals surface area (Å²) in [6.07, 6.45) is 0.740. The zero-order valence-corrected chi connectivity index (χ0v) is 11.3. The van der Waals surface area contributed by atoms with E-state index in [2.05, 4.69) is 36.1 Å². The summed E-state index contributed by atoms with van der Waals surface area (Å²) in [6.45, 7) is 7.70. The van der Waals surface area contributed by atoms with Gasteiger partial charge in [-0.25, -0.2) is 14.8 Å². The highest BCUT2D eigenvalue weighted by Gasteiger charge is 2.25. The molecule has 0 aromatic carbocycles. The Balaban J connectivity index is 2.42. The van der Waals surface area contributed by atoms with E-state index in [-0.39, 0.29) is 11.4 Å². The van der Waals surface area contributed by atoms with E-state index in [0.717, 1.165) is 17.7 Å². The average Bonchev–Trinajstić information content (AvgIpc) is 2.72. The molecular formula is C13H19N3O2. The van der Waals surface area contributed by atoms with Crippen LogP contribution < -0.4 is 5.32 Å². The highest BCUT2D eigenvalue weighted by Crippen LogP contribution is 2.22. The number of hydrogen-bond acceptors (Lipinski definition) is 5. The van der Waals surface area contributed by atoms with Crippen molar-refractivity contribution >= 4 is 5.97 Å². The number of nitrogens with zero attached hydrogens (tertiary/aromatic N) is 2. The van der Waals surface area contributed by atoms with Gasteiger partial charge in [0.05, 0.1) is 12.8 Å². The molecule has 0 saturated carbocycles. The lowest BCUT2D eigenvalue weighted by atomic mass is 9.92. The highest BCUT2D eigenvalue weighted by molar-refractivity contribution is 5.89. The van der Waals surface area contributed by atoms with Crippen LogP contribution in [0.15, 0.2) is 0 Å². The molecule has 0 bridgehead atoms. The van der Waals surface area contributed by atoms with Crippen LogP contribution in [-0.2, 0) is 24.2 Å². The maximum Gasteiger partial charge on any atom is 0.357 e. The fourth-order valence-electron chi connectivity index (χ4n) is 2.04. The number of carbonyl (C=O) groups excluding carboxylic acids is 1. The van der Waals surface area contributed by atoms with Crippen molar-refractivity contribution < 1.29 is 9.53 Å². The molecule has 1 aromatic heterocycles. The van der Waals surface area contributed by atoms with Gasteiger partial charge in [-0.05, 0) is 5.41 Å². The molecule has 0 amide bonds. The molecule has 1 aliphatic heterocycles. The third-order valence-corrected chi connectivity index (χ3v) is 2.80. The van der Waals surface area contributed by atoms with Crippen LogP contribution in [0.4, 0.5) is 0 Å². The van der Waals surface area contributed by atoms with E-state index in [1.807, 2.05) is 0 Å². The molecule has 2 rings (SSSR count). The van der Waals surface area contributed by atoms with Crippen LogP contribution in [0.2, 0.25) is 0 Å². The number of esters is 1. The first-order valence-corrected chi connectivity index (χ1v) is 6.08. The van der Waals surface area contributed by atoms with Crippen molar-refractivity contribution in [2.45, 2.75) is 40.3 Å². The summed E-state index contributed by atoms with van der Waals surface area (Å²) in [7, 11) is 1.38. The molecule has 1 aromatic rings. The molecule has 18 heavy (non-hydrogen) atoms. The molecule has 1 aliphatic rings. The summed E-state index contributed by atoms with van der Waals surface area (Å²) in [6, 6.07) is 0. The van der Waals surface area contributed by atoms with E-state index in [1.165, 1.54) is 7.11 Å². The van der Waals surface area contributed by atoms with Crippen molar-refractivity contribution in [2.75, 3.05) is 7.11 Å². The molecule has 5 nitrogen and oxygen atoms in total. The van der Waals surface area contributed by atoms with Crippen LogP contribution in [-0.4, -0.2) is 23.0 Å². The topological polar surface area (TPSA) is 64.1 Å². The van der Waals surface area contributed by atoms with Gasteiger partial charge in [0, 0.05) is 25.1 Å². The molecule has 1 N–H and O–H groups in total. The van der Waals surface area contributed by atoms with E-state index in [4.69, 9.17) is 4.74 Å². The van der Waals surface area contributed by atoms with Crippen molar-refractivity contribution in [1.82, 2.24) is 15.3 Å². The van der Waals surface area contributed by atoms with Crippen LogP contribution in [0.25, 0.3) is 0 Å². The predicted molar refractivity (Wildman–Crippen MR) is 67.1 cm³/mol. The zero-order chi connectivity index (χ0) is 13.3. The normalized spacial score (nSPS) is 14.4. The molecule has 0 atom stereocenters. The monoisotopic (exact) mass is 249 g/mol. The largest absolute Gasteiger partial charge is 0.464 e. The summed E-state index contributed by atoms with van der Waals surface area (Å²) in [4.78, 5) is 20.7. The molecule has 5 heteroatoms. The summed E-state index contributed by atoms with van der Waals surface area (Å²) < 4.78 is 4.79. The molecular weight excluding hydrogens is 230 g/mol. The molecule has 0 fully saturated rings. The van der Waals surface area contributed by atoms with Crippen molar-refractivity contribution in [3.8, 4) is 0 Å². The van der Waals surface area contributed by atoms with Crippen LogP contribution in [0.5, 0.6) is 0 Å². The van der Waals surface area contributed by atoms with Crippen LogP contribution >= 0.6 is 0 Å². The Labute approximate surface area is 107 Å². The van der Waals surface area contributed by atoms with E-state index in [9.17, 15) is 4.79 Å². The van der Waals surface area contributed by atoms with Gasteiger partial charge in [0.2, 0.25) is 0 Å². The molecule has 0 spiro atoms. The SMILES string of the molecule is COC(=O)c1nc(CC(C)(C)C)nc2c1CNC2. The van der Waals surface area contributed by atoms with Gasteiger partial charge in [0.1, 0.15) is 5.82 Å². The van der Waals surface area contributed by atoms with Gasteiger partial charge in [0.15, 0.2) is 5.69 Å². The van der Waals surface area contributed by atoms with Crippen molar-refractivity contribution in [2.24, 2.45) is 5.41 Å². The fraction of sp³-hybridized carbons (Fsp3) is 0.615. The first-order valence-electron chi connectivity index (χ1n) is 6.08. The Kier molecular flexibility index (Phi) is 3.34. The summed E-state index contributed by atoms with van der Waals surface area (Å²) in [5.74, 6) is 0.331. The Morgan fingerprint density at radius 1 is 1.33 bits per heavy atom. The van der Waals surface area contributed by atoms with Gasteiger partial charge in [-0.1, -0.05) is 20.8 Å². The second-order valence-electron chi connectivity index (χ2n) is 5.75. The third kappa shape index (κ3) is 2.67. The molecule has 2 heterocycles. The highest BCUT2D eigenvalue weighted by atomic mass is 16.5. The third-order valence-electron chi connectivity index (χ3n) is 2.80. The van der Waals surface area contributed by atoms with Crippen LogP contribution in [0.3, 0.4) is 0 Å². The van der Waals surface area contributed by atoms with Gasteiger partial charge in [-0.3, -0.25) is 0 Å². The lowest BCUT2D eigenvalue weighted by Gasteiger charge is -2.17. The minimum absolute atomic E-state index is 0.0909. The number of hydrogen-bond donors (Lipinski definition) is 1. The molecule has 98 valence electrons. The Bertz CT molecular complexity index is 478. The quantitative estimate of drug-likeness (QED) is 0.804. The van der Waals surface area contributed by atoms with E-state index in [0.29, 0.717) is 24.6 Å². The zero-order valence-electron chi connectivity index (χ0n) is 11.3. The lowest BCUT2D eigenvalue weighted by molar-refractivity contribution is 0.0591. The van der Waals surface area contributed by atoms with Gasteiger partial charge in [-0.2, -0.15) is 0 Å². The minimum Gasteiger partial charge on any atom is -0.464 e. The molecule has 0 saturated heterocycles. The van der Waals surface area contributed by atoms with Crippen molar-refractivity contribution in [1.29, 1.82) is 0 Å². The minimum atomic E-state index is -0.382. The summed E-state index contributed by atoms with van der Waals surface area (Å²) >= 11 is 0. The number of carbonyl (C=O) groups is 1. The van der Waals surface area contributed by atoms with Crippen LogP contribution in [0.1, 0.15) is 48.3 Å². The van der Waals surface area contributed by atoms with Gasteiger partial charge < -0.3 is 10.1 Å². The van der Waals surface area contributed by atoms with Gasteiger partial charge in [0.25, 0.3) is 0 Å². The number of nitrogens with one attached hydrogen (secondary N) is 1. The number of aromatic nitrogens is 2. The first-order chi connectivity index (χ1) is 8.40. The predicted octanol–water partition coefficient (Wildman–Crippen LogP) is 1.46. The summed E-state index contributed by atoms with van der Waals surface area (Å²) in [5.41, 5.74) is 2.30. The van der Waals surface area contributed by atoms with Gasteiger partial charge in [-0.15, -0.1) is 0 Å². The summed E-state index contributed by atoms with van der Waals surface area (Å²) in [5, 5.41) is 3.19. The fourth-order valence-corrected chi connectivity index (χ4v) is 2.04. The number of fused-ring (bicyclic) bond motifs is 1. The average molecular weight is 249 g/mol. The van der Waals surface area contributed by atoms with E-state index < -0.39 is 0 Å². The molecule has 0 aliphatic carbocycles. The smallest absolute Gasteiger partial charge is 0.357 e. The second-order valence-corrected chi connectivity index (χ2v) is 5.75. The van der Waals surface area contributed by atoms with Gasteiger partial charge >= 0.3 is 5.97 Å². The Morgan fingerprint density at radius 2 is 2.06 bits per heavy atom. The van der Waals surface area contributed by atoms with Crippen molar-refractivity contribution in [3.63, 3.8) is 0 Å². The number of rotatable bonds is 2. The maximum atomic E-state index is 11.8. The number of methoxy groups -OCH3 is 1. The maximum absolute atomic E-state index is 11.8. The first kappa shape index (κ1) is 13.0. The Hall–Kier alpha value is -1.49. The second kappa shape index (κ2) is 4.65. The lowest BCUT2D eigenvalue weighted by Crippen LogP contribution is -2.17. The van der Waals surface area contributed by atoms with Crippen molar-refractivity contribution in [3.05, 3.63) is 22.8 Å². The molecule has 0 radical (unpaired) electrons.